The first kappa shape index (κ1) is 15.7. The summed E-state index contributed by atoms with van der Waals surface area (Å²) in [7, 11) is 2.13. The summed E-state index contributed by atoms with van der Waals surface area (Å²) in [6, 6.07) is 14.8. The fraction of sp³-hybridized carbons (Fsp3) is 0.389. The molecule has 2 rings (SSSR count). The summed E-state index contributed by atoms with van der Waals surface area (Å²) >= 11 is 0. The third kappa shape index (κ3) is 3.90. The first-order valence-electron chi connectivity index (χ1n) is 7.54. The average Bonchev–Trinajstić information content (AvgIpc) is 2.50. The van der Waals surface area contributed by atoms with Crippen molar-refractivity contribution in [2.75, 3.05) is 7.05 Å². The van der Waals surface area contributed by atoms with Crippen LogP contribution in [0, 0.1) is 6.92 Å². The molecule has 0 radical (unpaired) electrons. The molecule has 2 atom stereocenters. The molecule has 3 heteroatoms. The maximum atomic E-state index is 6.41. The first-order valence-corrected chi connectivity index (χ1v) is 7.54. The number of hydrogen-bond donors (Lipinski definition) is 1. The van der Waals surface area contributed by atoms with Crippen LogP contribution in [-0.4, -0.2) is 23.0 Å². The van der Waals surface area contributed by atoms with Crippen molar-refractivity contribution in [2.24, 2.45) is 5.73 Å². The summed E-state index contributed by atoms with van der Waals surface area (Å²) in [5.74, 6) is 0. The fourth-order valence-corrected chi connectivity index (χ4v) is 2.78. The van der Waals surface area contributed by atoms with Gasteiger partial charge in [0, 0.05) is 18.8 Å². The largest absolute Gasteiger partial charge is 0.326 e. The van der Waals surface area contributed by atoms with Crippen LogP contribution in [0.15, 0.2) is 48.7 Å². The Kier molecular flexibility index (Phi) is 5.48. The molecule has 0 fully saturated rings. The van der Waals surface area contributed by atoms with Crippen LogP contribution in [0.3, 0.4) is 0 Å². The summed E-state index contributed by atoms with van der Waals surface area (Å²) < 4.78 is 0. The number of aromatic nitrogens is 1. The van der Waals surface area contributed by atoms with Gasteiger partial charge in [0.2, 0.25) is 0 Å². The molecule has 0 bridgehead atoms. The predicted molar refractivity (Wildman–Crippen MR) is 87.9 cm³/mol. The van der Waals surface area contributed by atoms with Crippen molar-refractivity contribution in [2.45, 2.75) is 38.9 Å². The monoisotopic (exact) mass is 283 g/mol. The molecule has 2 aromatic rings. The Balaban J connectivity index is 2.26. The molecular formula is C18H25N3. The van der Waals surface area contributed by atoms with Crippen molar-refractivity contribution >= 4 is 0 Å². The van der Waals surface area contributed by atoms with E-state index in [0.29, 0.717) is 0 Å². The fourth-order valence-electron chi connectivity index (χ4n) is 2.78. The molecule has 3 nitrogen and oxygen atoms in total. The van der Waals surface area contributed by atoms with Crippen LogP contribution in [0.2, 0.25) is 0 Å². The molecule has 0 spiro atoms. The molecule has 1 aromatic carbocycles. The second-order valence-electron chi connectivity index (χ2n) is 5.61. The SMILES string of the molecule is CCC(N)C(c1ccccc1C)N(C)Cc1ccccn1. The van der Waals surface area contributed by atoms with E-state index in [1.165, 1.54) is 11.1 Å². The van der Waals surface area contributed by atoms with Gasteiger partial charge in [0.05, 0.1) is 11.7 Å². The summed E-state index contributed by atoms with van der Waals surface area (Å²) in [6.45, 7) is 5.09. The highest BCUT2D eigenvalue weighted by Gasteiger charge is 2.24. The van der Waals surface area contributed by atoms with E-state index in [2.05, 4.69) is 61.1 Å². The van der Waals surface area contributed by atoms with E-state index in [1.54, 1.807) is 0 Å². The summed E-state index contributed by atoms with van der Waals surface area (Å²) in [5.41, 5.74) is 10.1. The van der Waals surface area contributed by atoms with Gasteiger partial charge in [-0.3, -0.25) is 9.88 Å². The van der Waals surface area contributed by atoms with Crippen LogP contribution in [-0.2, 0) is 6.54 Å². The minimum absolute atomic E-state index is 0.111. The van der Waals surface area contributed by atoms with E-state index in [4.69, 9.17) is 5.73 Å². The van der Waals surface area contributed by atoms with E-state index in [0.717, 1.165) is 18.7 Å². The second kappa shape index (κ2) is 7.34. The van der Waals surface area contributed by atoms with Gasteiger partial charge < -0.3 is 5.73 Å². The topological polar surface area (TPSA) is 42.1 Å². The highest BCUT2D eigenvalue weighted by atomic mass is 15.2. The lowest BCUT2D eigenvalue weighted by atomic mass is 9.93. The Hall–Kier alpha value is -1.71. The van der Waals surface area contributed by atoms with Crippen molar-refractivity contribution in [1.82, 2.24) is 9.88 Å². The molecule has 0 aliphatic rings. The third-order valence-electron chi connectivity index (χ3n) is 4.00. The molecule has 0 saturated heterocycles. The van der Waals surface area contributed by atoms with Crippen LogP contribution in [0.1, 0.15) is 36.2 Å². The van der Waals surface area contributed by atoms with Gasteiger partial charge in [0.25, 0.3) is 0 Å². The molecular weight excluding hydrogens is 258 g/mol. The molecule has 0 amide bonds. The number of pyridine rings is 1. The van der Waals surface area contributed by atoms with Crippen molar-refractivity contribution in [1.29, 1.82) is 0 Å². The molecule has 2 N–H and O–H groups in total. The van der Waals surface area contributed by atoms with Gasteiger partial charge in [-0.15, -0.1) is 0 Å². The number of benzene rings is 1. The molecule has 2 unspecified atom stereocenters. The highest BCUT2D eigenvalue weighted by molar-refractivity contribution is 5.30. The van der Waals surface area contributed by atoms with E-state index >= 15 is 0 Å². The number of likely N-dealkylation sites (N-methyl/N-ethyl adjacent to an activating group) is 1. The molecule has 1 heterocycles. The van der Waals surface area contributed by atoms with Crippen molar-refractivity contribution in [3.05, 3.63) is 65.5 Å². The number of nitrogens with two attached hydrogens (primary N) is 1. The minimum atomic E-state index is 0.111. The summed E-state index contributed by atoms with van der Waals surface area (Å²) in [5, 5.41) is 0. The molecule has 0 aliphatic carbocycles. The summed E-state index contributed by atoms with van der Waals surface area (Å²) in [6.07, 6.45) is 2.79. The highest BCUT2D eigenvalue weighted by Crippen LogP contribution is 2.27. The maximum absolute atomic E-state index is 6.41. The normalized spacial score (nSPS) is 14.1. The van der Waals surface area contributed by atoms with E-state index in [1.807, 2.05) is 18.3 Å². The lowest BCUT2D eigenvalue weighted by Gasteiger charge is -2.33. The van der Waals surface area contributed by atoms with Crippen LogP contribution in [0.4, 0.5) is 0 Å². The molecule has 112 valence electrons. The Labute approximate surface area is 127 Å². The van der Waals surface area contributed by atoms with Gasteiger partial charge in [-0.05, 0) is 43.7 Å². The van der Waals surface area contributed by atoms with Gasteiger partial charge >= 0.3 is 0 Å². The standard InChI is InChI=1S/C18H25N3/c1-4-17(19)18(16-11-6-5-9-14(16)2)21(3)13-15-10-7-8-12-20-15/h5-12,17-18H,4,13,19H2,1-3H3. The third-order valence-corrected chi connectivity index (χ3v) is 4.00. The molecule has 0 aliphatic heterocycles. The summed E-state index contributed by atoms with van der Waals surface area (Å²) in [4.78, 5) is 6.72. The van der Waals surface area contributed by atoms with Crippen molar-refractivity contribution in [3.63, 3.8) is 0 Å². The smallest absolute Gasteiger partial charge is 0.0544 e. The van der Waals surface area contributed by atoms with Gasteiger partial charge in [-0.25, -0.2) is 0 Å². The van der Waals surface area contributed by atoms with Crippen LogP contribution >= 0.6 is 0 Å². The van der Waals surface area contributed by atoms with Crippen LogP contribution < -0.4 is 5.73 Å². The Bertz CT molecular complexity index is 553. The lowest BCUT2D eigenvalue weighted by molar-refractivity contribution is 0.199. The number of nitrogens with zero attached hydrogens (tertiary/aromatic N) is 2. The van der Waals surface area contributed by atoms with Crippen molar-refractivity contribution in [3.8, 4) is 0 Å². The van der Waals surface area contributed by atoms with Crippen LogP contribution in [0.25, 0.3) is 0 Å². The lowest BCUT2D eigenvalue weighted by Crippen LogP contribution is -2.39. The maximum Gasteiger partial charge on any atom is 0.0544 e. The molecule has 1 aromatic heterocycles. The number of hydrogen-bond acceptors (Lipinski definition) is 3. The van der Waals surface area contributed by atoms with E-state index in [-0.39, 0.29) is 12.1 Å². The van der Waals surface area contributed by atoms with Gasteiger partial charge in [0.1, 0.15) is 0 Å². The minimum Gasteiger partial charge on any atom is -0.326 e. The zero-order valence-electron chi connectivity index (χ0n) is 13.2. The second-order valence-corrected chi connectivity index (χ2v) is 5.61. The Morgan fingerprint density at radius 1 is 1.14 bits per heavy atom. The quantitative estimate of drug-likeness (QED) is 0.884. The van der Waals surface area contributed by atoms with Gasteiger partial charge in [-0.2, -0.15) is 0 Å². The molecule has 0 saturated carbocycles. The number of aryl methyl sites for hydroxylation is 1. The zero-order valence-corrected chi connectivity index (χ0v) is 13.2. The first-order chi connectivity index (χ1) is 10.1. The van der Waals surface area contributed by atoms with E-state index in [9.17, 15) is 0 Å². The average molecular weight is 283 g/mol. The zero-order chi connectivity index (χ0) is 15.2. The predicted octanol–water partition coefficient (Wildman–Crippen LogP) is 3.30. The Morgan fingerprint density at radius 2 is 1.86 bits per heavy atom. The van der Waals surface area contributed by atoms with Gasteiger partial charge in [0.15, 0.2) is 0 Å². The van der Waals surface area contributed by atoms with Gasteiger partial charge in [-0.1, -0.05) is 37.3 Å². The van der Waals surface area contributed by atoms with Crippen molar-refractivity contribution < 1.29 is 0 Å². The molecule has 21 heavy (non-hydrogen) atoms. The van der Waals surface area contributed by atoms with Crippen LogP contribution in [0.5, 0.6) is 0 Å². The number of rotatable bonds is 6. The van der Waals surface area contributed by atoms with E-state index < -0.39 is 0 Å². The Morgan fingerprint density at radius 3 is 2.48 bits per heavy atom.